The predicted octanol–water partition coefficient (Wildman–Crippen LogP) is 2.96. The number of carbonyl (C=O) groups excluding carboxylic acids is 1. The van der Waals surface area contributed by atoms with E-state index in [4.69, 9.17) is 15.3 Å². The molecule has 0 fully saturated rings. The van der Waals surface area contributed by atoms with E-state index < -0.39 is 11.9 Å². The molecule has 0 aliphatic carbocycles. The maximum absolute atomic E-state index is 12.0. The molecule has 4 N–H and O–H groups in total. The number of allylic oxidation sites excluding steroid dienone is 1. The molecule has 1 aromatic carbocycles. The fourth-order valence-corrected chi connectivity index (χ4v) is 2.19. The number of amides is 1. The van der Waals surface area contributed by atoms with Crippen LogP contribution in [0.5, 0.6) is 0 Å². The summed E-state index contributed by atoms with van der Waals surface area (Å²) < 4.78 is 5.69. The third-order valence-corrected chi connectivity index (χ3v) is 3.27. The molecule has 0 atom stereocenters. The number of furan rings is 1. The zero-order chi connectivity index (χ0) is 18.4. The molecule has 0 saturated heterocycles. The summed E-state index contributed by atoms with van der Waals surface area (Å²) >= 11 is 4.66. The lowest BCUT2D eigenvalue weighted by Crippen LogP contribution is -2.35. The first-order valence-electron chi connectivity index (χ1n) is 7.29. The standard InChI is InChI=1S/C18H16N2O4S/c1-2-4-12(16(21)20-18(19)25)10-14-7-8-15(24-14)11-5-3-6-13(9-11)17(22)23/h2-10H,1H3,(H,22,23)(H3,19,20,21,25)/b4-2?,12-10-. The van der Waals surface area contributed by atoms with Crippen molar-refractivity contribution in [2.75, 3.05) is 0 Å². The lowest BCUT2D eigenvalue weighted by Gasteiger charge is -2.03. The molecule has 128 valence electrons. The van der Waals surface area contributed by atoms with Crippen LogP contribution in [0.1, 0.15) is 23.0 Å². The van der Waals surface area contributed by atoms with Gasteiger partial charge in [-0.15, -0.1) is 0 Å². The Balaban J connectivity index is 2.33. The van der Waals surface area contributed by atoms with Crippen LogP contribution in [0.4, 0.5) is 0 Å². The lowest BCUT2D eigenvalue weighted by atomic mass is 10.1. The van der Waals surface area contributed by atoms with E-state index in [9.17, 15) is 9.59 Å². The molecule has 2 rings (SSSR count). The van der Waals surface area contributed by atoms with Crippen molar-refractivity contribution in [2.45, 2.75) is 6.92 Å². The summed E-state index contributed by atoms with van der Waals surface area (Å²) in [7, 11) is 0. The fourth-order valence-electron chi connectivity index (χ4n) is 2.10. The Hall–Kier alpha value is -3.19. The van der Waals surface area contributed by atoms with Crippen LogP contribution in [0.3, 0.4) is 0 Å². The van der Waals surface area contributed by atoms with Gasteiger partial charge in [0, 0.05) is 11.1 Å². The molecule has 7 heteroatoms. The van der Waals surface area contributed by atoms with Gasteiger partial charge < -0.3 is 15.3 Å². The van der Waals surface area contributed by atoms with E-state index >= 15 is 0 Å². The SMILES string of the molecule is CC=C/C(=C/c1ccc(-c2cccc(C(=O)O)c2)o1)C(=O)NC(N)=S. The van der Waals surface area contributed by atoms with Gasteiger partial charge in [0.2, 0.25) is 0 Å². The summed E-state index contributed by atoms with van der Waals surface area (Å²) in [6, 6.07) is 9.77. The Bertz CT molecular complexity index is 881. The van der Waals surface area contributed by atoms with Crippen LogP contribution in [0.2, 0.25) is 0 Å². The number of hydrogen-bond acceptors (Lipinski definition) is 4. The molecule has 0 radical (unpaired) electrons. The maximum atomic E-state index is 12.0. The minimum absolute atomic E-state index is 0.119. The molecular weight excluding hydrogens is 340 g/mol. The van der Waals surface area contributed by atoms with E-state index in [1.54, 1.807) is 43.3 Å². The van der Waals surface area contributed by atoms with Crippen LogP contribution >= 0.6 is 12.2 Å². The normalized spacial score (nSPS) is 11.5. The third-order valence-electron chi connectivity index (χ3n) is 3.16. The number of carbonyl (C=O) groups is 2. The number of benzene rings is 1. The smallest absolute Gasteiger partial charge is 0.335 e. The van der Waals surface area contributed by atoms with Crippen molar-refractivity contribution in [2.24, 2.45) is 5.73 Å². The van der Waals surface area contributed by atoms with E-state index in [0.29, 0.717) is 22.7 Å². The highest BCUT2D eigenvalue weighted by molar-refractivity contribution is 7.80. The summed E-state index contributed by atoms with van der Waals surface area (Å²) in [6.45, 7) is 1.77. The van der Waals surface area contributed by atoms with Crippen LogP contribution < -0.4 is 11.1 Å². The van der Waals surface area contributed by atoms with Gasteiger partial charge in [0.1, 0.15) is 11.5 Å². The molecule has 2 aromatic rings. The molecule has 0 bridgehead atoms. The Labute approximate surface area is 149 Å². The summed E-state index contributed by atoms with van der Waals surface area (Å²) in [5.41, 5.74) is 6.42. The number of nitrogens with two attached hydrogens (primary N) is 1. The van der Waals surface area contributed by atoms with Gasteiger partial charge in [0.15, 0.2) is 5.11 Å². The molecule has 0 aliphatic heterocycles. The fraction of sp³-hybridized carbons (Fsp3) is 0.0556. The van der Waals surface area contributed by atoms with Crippen molar-refractivity contribution in [1.29, 1.82) is 0 Å². The van der Waals surface area contributed by atoms with Gasteiger partial charge in [-0.05, 0) is 49.5 Å². The van der Waals surface area contributed by atoms with Gasteiger partial charge in [0.05, 0.1) is 5.56 Å². The average Bonchev–Trinajstić information content (AvgIpc) is 3.02. The summed E-state index contributed by atoms with van der Waals surface area (Å²) in [4.78, 5) is 23.1. The zero-order valence-corrected chi connectivity index (χ0v) is 14.2. The Morgan fingerprint density at radius 2 is 2.04 bits per heavy atom. The average molecular weight is 356 g/mol. The minimum Gasteiger partial charge on any atom is -0.478 e. The summed E-state index contributed by atoms with van der Waals surface area (Å²) in [6.07, 6.45) is 4.84. The van der Waals surface area contributed by atoms with Crippen LogP contribution in [0.25, 0.3) is 17.4 Å². The van der Waals surface area contributed by atoms with Gasteiger partial charge in [-0.1, -0.05) is 24.3 Å². The van der Waals surface area contributed by atoms with Crippen LogP contribution in [0, 0.1) is 0 Å². The summed E-state index contributed by atoms with van der Waals surface area (Å²) in [5, 5.41) is 11.3. The van der Waals surface area contributed by atoms with Gasteiger partial charge in [-0.3, -0.25) is 10.1 Å². The Morgan fingerprint density at radius 3 is 2.68 bits per heavy atom. The topological polar surface area (TPSA) is 106 Å². The molecule has 1 aromatic heterocycles. The second-order valence-corrected chi connectivity index (χ2v) is 5.45. The van der Waals surface area contributed by atoms with E-state index in [2.05, 4.69) is 17.5 Å². The van der Waals surface area contributed by atoms with Gasteiger partial charge in [0.25, 0.3) is 5.91 Å². The third kappa shape index (κ3) is 4.89. The Kier molecular flexibility index (Phi) is 5.86. The molecule has 0 aliphatic rings. The number of carboxylic acids is 1. The number of hydrogen-bond donors (Lipinski definition) is 3. The first-order chi connectivity index (χ1) is 11.9. The largest absolute Gasteiger partial charge is 0.478 e. The first kappa shape index (κ1) is 18.2. The van der Waals surface area contributed by atoms with Crippen molar-refractivity contribution < 1.29 is 19.1 Å². The van der Waals surface area contributed by atoms with Crippen molar-refractivity contribution in [3.8, 4) is 11.3 Å². The highest BCUT2D eigenvalue weighted by Crippen LogP contribution is 2.24. The van der Waals surface area contributed by atoms with Crippen molar-refractivity contribution in [3.05, 3.63) is 65.4 Å². The molecule has 1 amide bonds. The van der Waals surface area contributed by atoms with Crippen molar-refractivity contribution in [1.82, 2.24) is 5.32 Å². The predicted molar refractivity (Wildman–Crippen MR) is 98.8 cm³/mol. The summed E-state index contributed by atoms with van der Waals surface area (Å²) in [5.74, 6) is -0.541. The van der Waals surface area contributed by atoms with Crippen LogP contribution in [-0.2, 0) is 4.79 Å². The number of nitrogens with one attached hydrogen (secondary N) is 1. The van der Waals surface area contributed by atoms with E-state index in [-0.39, 0.29) is 10.7 Å². The van der Waals surface area contributed by atoms with Crippen LogP contribution in [0.15, 0.2) is 58.5 Å². The van der Waals surface area contributed by atoms with E-state index in [1.807, 2.05) is 0 Å². The van der Waals surface area contributed by atoms with Crippen molar-refractivity contribution in [3.63, 3.8) is 0 Å². The number of rotatable bonds is 5. The van der Waals surface area contributed by atoms with Gasteiger partial charge in [-0.2, -0.15) is 0 Å². The maximum Gasteiger partial charge on any atom is 0.335 e. The highest BCUT2D eigenvalue weighted by atomic mass is 32.1. The number of aromatic carboxylic acids is 1. The van der Waals surface area contributed by atoms with E-state index in [1.165, 1.54) is 18.2 Å². The monoisotopic (exact) mass is 356 g/mol. The number of thiocarbonyl (C=S) groups is 1. The molecule has 25 heavy (non-hydrogen) atoms. The Morgan fingerprint density at radius 1 is 1.28 bits per heavy atom. The van der Waals surface area contributed by atoms with E-state index in [0.717, 1.165) is 0 Å². The first-order valence-corrected chi connectivity index (χ1v) is 7.70. The molecule has 0 saturated carbocycles. The quantitative estimate of drug-likeness (QED) is 0.432. The molecule has 6 nitrogen and oxygen atoms in total. The second-order valence-electron chi connectivity index (χ2n) is 5.01. The highest BCUT2D eigenvalue weighted by Gasteiger charge is 2.11. The minimum atomic E-state index is -1.02. The second kappa shape index (κ2) is 8.07. The molecule has 1 heterocycles. The van der Waals surface area contributed by atoms with Crippen molar-refractivity contribution >= 4 is 35.3 Å². The van der Waals surface area contributed by atoms with Crippen LogP contribution in [-0.4, -0.2) is 22.1 Å². The number of carboxylic acid groups (broad SMARTS) is 1. The molecule has 0 spiro atoms. The zero-order valence-electron chi connectivity index (χ0n) is 13.4. The molecule has 0 unspecified atom stereocenters. The van der Waals surface area contributed by atoms with Gasteiger partial charge >= 0.3 is 5.97 Å². The lowest BCUT2D eigenvalue weighted by molar-refractivity contribution is -0.115. The van der Waals surface area contributed by atoms with Gasteiger partial charge in [-0.25, -0.2) is 4.79 Å². The molecular formula is C18H16N2O4S.